The van der Waals surface area contributed by atoms with Gasteiger partial charge in [-0.25, -0.2) is 0 Å². The van der Waals surface area contributed by atoms with Gasteiger partial charge in [-0.15, -0.1) is 0 Å². The van der Waals surface area contributed by atoms with Gasteiger partial charge in [-0.1, -0.05) is 87.3 Å². The van der Waals surface area contributed by atoms with E-state index in [1.54, 1.807) is 13.0 Å². The van der Waals surface area contributed by atoms with Crippen molar-refractivity contribution in [2.45, 2.75) is 121 Å². The summed E-state index contributed by atoms with van der Waals surface area (Å²) in [6.45, 7) is 22.5. The maximum absolute atomic E-state index is 13.2. The zero-order chi connectivity index (χ0) is 30.9. The Balaban J connectivity index is 2.60. The molecule has 1 saturated carbocycles. The Morgan fingerprint density at radius 2 is 1.70 bits per heavy atom. The first-order valence-electron chi connectivity index (χ1n) is 14.7. The fourth-order valence-electron chi connectivity index (χ4n) is 7.27. The molecule has 2 rings (SSSR count). The minimum Gasteiger partial charge on any atom is -0.295 e. The van der Waals surface area contributed by atoms with Gasteiger partial charge in [0.1, 0.15) is 6.07 Å². The van der Waals surface area contributed by atoms with Crippen molar-refractivity contribution < 1.29 is 14.4 Å². The molecule has 1 unspecified atom stereocenters. The van der Waals surface area contributed by atoms with Crippen LogP contribution in [0.15, 0.2) is 28.4 Å². The molecule has 2 aliphatic rings. The standard InChI is InChI=1S/C33H50N4O3/c1-12-28(3,4)15-17-31(9,27(40)36-37-35)18-16-29(5,6)33(11)14-13-24-30(7,8)26(39)23(21-34)20-32(24,10)25(33)19-22(2)38/h19-20,24H,12-18H2,1-11H3/b25-19-/t24?,31-,32-,33+/m0/s1. The monoisotopic (exact) mass is 550 g/mol. The van der Waals surface area contributed by atoms with Crippen LogP contribution in [-0.2, 0) is 14.4 Å². The predicted octanol–water partition coefficient (Wildman–Crippen LogP) is 8.85. The highest BCUT2D eigenvalue weighted by molar-refractivity contribution is 6.04. The van der Waals surface area contributed by atoms with E-state index in [4.69, 9.17) is 5.53 Å². The normalized spacial score (nSPS) is 28.9. The lowest BCUT2D eigenvalue weighted by molar-refractivity contribution is -0.131. The third kappa shape index (κ3) is 5.98. The van der Waals surface area contributed by atoms with Gasteiger partial charge >= 0.3 is 0 Å². The van der Waals surface area contributed by atoms with Crippen molar-refractivity contribution in [1.29, 1.82) is 5.26 Å². The topological polar surface area (TPSA) is 124 Å². The summed E-state index contributed by atoms with van der Waals surface area (Å²) in [5, 5.41) is 13.4. The van der Waals surface area contributed by atoms with E-state index in [1.165, 1.54) is 0 Å². The molecule has 7 nitrogen and oxygen atoms in total. The Bertz CT molecular complexity index is 1210. The lowest BCUT2D eigenvalue weighted by Crippen LogP contribution is -2.55. The highest BCUT2D eigenvalue weighted by atomic mass is 16.2. The summed E-state index contributed by atoms with van der Waals surface area (Å²) in [5.74, 6) is -0.671. The van der Waals surface area contributed by atoms with Crippen LogP contribution in [0.4, 0.5) is 0 Å². The molecule has 1 amide bonds. The van der Waals surface area contributed by atoms with E-state index in [2.05, 4.69) is 64.6 Å². The second-order valence-corrected chi connectivity index (χ2v) is 15.1. The first-order chi connectivity index (χ1) is 18.2. The number of hydrogen-bond donors (Lipinski definition) is 0. The van der Waals surface area contributed by atoms with E-state index in [0.717, 1.165) is 31.3 Å². The van der Waals surface area contributed by atoms with Crippen LogP contribution in [0.2, 0.25) is 0 Å². The van der Waals surface area contributed by atoms with Gasteiger partial charge in [0.25, 0.3) is 0 Å². The maximum Gasteiger partial charge on any atom is 0.224 e. The second-order valence-electron chi connectivity index (χ2n) is 15.1. The van der Waals surface area contributed by atoms with Crippen LogP contribution < -0.4 is 0 Å². The van der Waals surface area contributed by atoms with Crippen LogP contribution in [0, 0.1) is 49.7 Å². The third-order valence-corrected chi connectivity index (χ3v) is 11.2. The number of azide groups is 1. The van der Waals surface area contributed by atoms with Crippen molar-refractivity contribution in [3.8, 4) is 6.07 Å². The lowest BCUT2D eigenvalue weighted by atomic mass is 9.42. The Morgan fingerprint density at radius 1 is 1.12 bits per heavy atom. The summed E-state index contributed by atoms with van der Waals surface area (Å²) in [6.07, 6.45) is 8.77. The molecule has 7 heteroatoms. The number of nitriles is 1. The van der Waals surface area contributed by atoms with Crippen molar-refractivity contribution in [2.24, 2.45) is 43.5 Å². The number of fused-ring (bicyclic) bond motifs is 1. The molecule has 0 heterocycles. The minimum atomic E-state index is -0.801. The quantitative estimate of drug-likeness (QED) is 0.117. The zero-order valence-corrected chi connectivity index (χ0v) is 26.7. The molecule has 0 aromatic heterocycles. The largest absolute Gasteiger partial charge is 0.295 e. The molecule has 40 heavy (non-hydrogen) atoms. The molecular formula is C33H50N4O3. The maximum atomic E-state index is 13.2. The van der Waals surface area contributed by atoms with Crippen LogP contribution in [0.5, 0.6) is 0 Å². The summed E-state index contributed by atoms with van der Waals surface area (Å²) in [7, 11) is 0. The molecule has 0 N–H and O–H groups in total. The molecule has 0 saturated heterocycles. The summed E-state index contributed by atoms with van der Waals surface area (Å²) >= 11 is 0. The number of hydrogen-bond acceptors (Lipinski definition) is 4. The molecule has 0 aromatic carbocycles. The van der Waals surface area contributed by atoms with Crippen molar-refractivity contribution in [1.82, 2.24) is 0 Å². The fraction of sp³-hybridized carbons (Fsp3) is 0.758. The van der Waals surface area contributed by atoms with Crippen LogP contribution in [0.25, 0.3) is 10.4 Å². The van der Waals surface area contributed by atoms with Gasteiger partial charge < -0.3 is 0 Å². The number of allylic oxidation sites excluding steroid dienone is 4. The summed E-state index contributed by atoms with van der Waals surface area (Å²) in [6, 6.07) is 2.13. The average molecular weight is 551 g/mol. The highest BCUT2D eigenvalue weighted by Crippen LogP contribution is 2.67. The number of Topliss-reactive ketones (excluding diaryl/α,β-unsaturated/α-hetero) is 1. The Labute approximate surface area is 241 Å². The highest BCUT2D eigenvalue weighted by Gasteiger charge is 2.61. The molecule has 0 aromatic rings. The van der Waals surface area contributed by atoms with Gasteiger partial charge in [0.05, 0.1) is 5.57 Å². The van der Waals surface area contributed by atoms with Crippen molar-refractivity contribution in [3.05, 3.63) is 33.7 Å². The lowest BCUT2D eigenvalue weighted by Gasteiger charge is -2.61. The molecule has 4 atom stereocenters. The Kier molecular flexibility index (Phi) is 9.45. The Morgan fingerprint density at radius 3 is 2.20 bits per heavy atom. The van der Waals surface area contributed by atoms with E-state index in [-0.39, 0.29) is 33.9 Å². The number of nitrogens with zero attached hydrogens (tertiary/aromatic N) is 4. The summed E-state index contributed by atoms with van der Waals surface area (Å²) < 4.78 is 0. The summed E-state index contributed by atoms with van der Waals surface area (Å²) in [5.41, 5.74) is 7.26. The van der Waals surface area contributed by atoms with Crippen molar-refractivity contribution in [3.63, 3.8) is 0 Å². The molecule has 2 aliphatic carbocycles. The number of carbonyl (C=O) groups excluding carboxylic acids is 3. The van der Waals surface area contributed by atoms with E-state index in [0.29, 0.717) is 19.3 Å². The summed E-state index contributed by atoms with van der Waals surface area (Å²) in [4.78, 5) is 41.8. The van der Waals surface area contributed by atoms with Crippen LogP contribution in [0.1, 0.15) is 121 Å². The number of ketones is 2. The third-order valence-electron chi connectivity index (χ3n) is 11.2. The average Bonchev–Trinajstić information content (AvgIpc) is 2.86. The van der Waals surface area contributed by atoms with E-state index >= 15 is 0 Å². The molecule has 1 fully saturated rings. The van der Waals surface area contributed by atoms with Crippen molar-refractivity contribution in [2.75, 3.05) is 0 Å². The van der Waals surface area contributed by atoms with Crippen LogP contribution in [-0.4, -0.2) is 17.5 Å². The zero-order valence-electron chi connectivity index (χ0n) is 26.7. The SMILES string of the molecule is CCC(C)(C)CC[C@@](C)(CCC(C)(C)[C@]1(C)CCC2C(C)(C)C(=O)C(C#N)=C[C@]2(C)/C1=C/C(C)=O)C(=O)N=[N+]=[N-]. The molecule has 0 radical (unpaired) electrons. The van der Waals surface area contributed by atoms with Gasteiger partial charge in [-0.3, -0.25) is 14.4 Å². The van der Waals surface area contributed by atoms with E-state index in [1.807, 2.05) is 26.8 Å². The van der Waals surface area contributed by atoms with Gasteiger partial charge in [0, 0.05) is 21.2 Å². The Hall–Kier alpha value is -2.71. The van der Waals surface area contributed by atoms with Crippen LogP contribution >= 0.6 is 0 Å². The molecule has 0 bridgehead atoms. The first kappa shape index (κ1) is 33.5. The van der Waals surface area contributed by atoms with Crippen molar-refractivity contribution >= 4 is 17.5 Å². The molecular weight excluding hydrogens is 500 g/mol. The molecule has 0 aliphatic heterocycles. The van der Waals surface area contributed by atoms with Gasteiger partial charge in [0.2, 0.25) is 5.91 Å². The smallest absolute Gasteiger partial charge is 0.224 e. The fourth-order valence-corrected chi connectivity index (χ4v) is 7.27. The second kappa shape index (κ2) is 11.3. The molecule has 220 valence electrons. The number of amides is 1. The number of rotatable bonds is 10. The van der Waals surface area contributed by atoms with E-state index in [9.17, 15) is 19.6 Å². The van der Waals surface area contributed by atoms with Gasteiger partial charge in [0.15, 0.2) is 11.6 Å². The minimum absolute atomic E-state index is 0.0489. The molecule has 0 spiro atoms. The number of carbonyl (C=O) groups is 3. The van der Waals surface area contributed by atoms with Gasteiger partial charge in [-0.2, -0.15) is 5.26 Å². The van der Waals surface area contributed by atoms with Crippen LogP contribution in [0.3, 0.4) is 0 Å². The predicted molar refractivity (Wildman–Crippen MR) is 159 cm³/mol. The van der Waals surface area contributed by atoms with E-state index < -0.39 is 27.6 Å². The van der Waals surface area contributed by atoms with Gasteiger partial charge in [-0.05, 0) is 84.3 Å². The first-order valence-corrected chi connectivity index (χ1v) is 14.7.